The van der Waals surface area contributed by atoms with E-state index in [-0.39, 0.29) is 0 Å². The van der Waals surface area contributed by atoms with E-state index in [2.05, 4.69) is 35.8 Å². The number of nitrogen functional groups attached to an aromatic ring is 1. The first-order chi connectivity index (χ1) is 7.70. The van der Waals surface area contributed by atoms with Crippen LogP contribution in [0.4, 0.5) is 11.4 Å². The van der Waals surface area contributed by atoms with Crippen molar-refractivity contribution in [1.29, 1.82) is 0 Å². The van der Waals surface area contributed by atoms with Crippen LogP contribution in [-0.4, -0.2) is 37.1 Å². The maximum Gasteiger partial charge on any atom is 0.0387 e. The minimum atomic E-state index is 0.625. The van der Waals surface area contributed by atoms with Crippen molar-refractivity contribution in [3.63, 3.8) is 0 Å². The molecule has 0 aliphatic carbocycles. The molecule has 0 saturated carbocycles. The lowest BCUT2D eigenvalue weighted by molar-refractivity contribution is 0.199. The maximum atomic E-state index is 5.82. The average Bonchev–Trinajstić information content (AvgIpc) is 2.29. The molecular weight excluding hydrogens is 198 g/mol. The second kappa shape index (κ2) is 4.74. The number of piperazine rings is 1. The van der Waals surface area contributed by atoms with Crippen LogP contribution in [0.25, 0.3) is 0 Å². The fourth-order valence-corrected chi connectivity index (χ4v) is 2.42. The highest BCUT2D eigenvalue weighted by atomic mass is 15.3. The van der Waals surface area contributed by atoms with Crippen LogP contribution in [0.2, 0.25) is 0 Å². The van der Waals surface area contributed by atoms with Gasteiger partial charge in [0, 0.05) is 37.1 Å². The molecule has 1 saturated heterocycles. The van der Waals surface area contributed by atoms with Gasteiger partial charge in [0.05, 0.1) is 0 Å². The Morgan fingerprint density at radius 2 is 2.19 bits per heavy atom. The fourth-order valence-electron chi connectivity index (χ4n) is 2.42. The van der Waals surface area contributed by atoms with Crippen LogP contribution in [0.15, 0.2) is 24.3 Å². The molecule has 2 rings (SSSR count). The summed E-state index contributed by atoms with van der Waals surface area (Å²) in [5.74, 6) is 0. The highest BCUT2D eigenvalue weighted by molar-refractivity contribution is 5.56. The summed E-state index contributed by atoms with van der Waals surface area (Å²) in [5, 5.41) is 0. The third kappa shape index (κ3) is 2.30. The van der Waals surface area contributed by atoms with Crippen molar-refractivity contribution in [2.75, 3.05) is 36.8 Å². The standard InChI is InChI=1S/C13H21N3/c1-3-15-7-8-16(10-11(15)2)13-6-4-5-12(14)9-13/h4-6,9,11H,3,7-8,10,14H2,1-2H3. The zero-order chi connectivity index (χ0) is 11.5. The molecule has 1 aromatic carbocycles. The topological polar surface area (TPSA) is 32.5 Å². The van der Waals surface area contributed by atoms with E-state index in [9.17, 15) is 0 Å². The van der Waals surface area contributed by atoms with Crippen LogP contribution in [0.3, 0.4) is 0 Å². The second-order valence-corrected chi connectivity index (χ2v) is 4.52. The predicted molar refractivity (Wildman–Crippen MR) is 69.8 cm³/mol. The Balaban J connectivity index is 2.07. The number of rotatable bonds is 2. The van der Waals surface area contributed by atoms with Gasteiger partial charge in [0.15, 0.2) is 0 Å². The van der Waals surface area contributed by atoms with Crippen LogP contribution in [0.5, 0.6) is 0 Å². The lowest BCUT2D eigenvalue weighted by Gasteiger charge is -2.40. The highest BCUT2D eigenvalue weighted by Crippen LogP contribution is 2.20. The molecule has 88 valence electrons. The molecule has 3 nitrogen and oxygen atoms in total. The number of anilines is 2. The van der Waals surface area contributed by atoms with Gasteiger partial charge in [-0.15, -0.1) is 0 Å². The summed E-state index contributed by atoms with van der Waals surface area (Å²) in [6, 6.07) is 8.80. The lowest BCUT2D eigenvalue weighted by atomic mass is 10.1. The smallest absolute Gasteiger partial charge is 0.0387 e. The van der Waals surface area contributed by atoms with E-state index >= 15 is 0 Å². The molecule has 1 heterocycles. The molecule has 1 unspecified atom stereocenters. The van der Waals surface area contributed by atoms with Crippen molar-refractivity contribution in [1.82, 2.24) is 4.90 Å². The second-order valence-electron chi connectivity index (χ2n) is 4.52. The summed E-state index contributed by atoms with van der Waals surface area (Å²) >= 11 is 0. The van der Waals surface area contributed by atoms with Crippen molar-refractivity contribution in [3.8, 4) is 0 Å². The van der Waals surface area contributed by atoms with Gasteiger partial charge in [0.25, 0.3) is 0 Å². The van der Waals surface area contributed by atoms with E-state index in [1.165, 1.54) is 5.69 Å². The number of nitrogens with zero attached hydrogens (tertiary/aromatic N) is 2. The van der Waals surface area contributed by atoms with E-state index in [1.54, 1.807) is 0 Å². The lowest BCUT2D eigenvalue weighted by Crippen LogP contribution is -2.51. The minimum Gasteiger partial charge on any atom is -0.399 e. The Morgan fingerprint density at radius 1 is 1.38 bits per heavy atom. The van der Waals surface area contributed by atoms with Crippen molar-refractivity contribution in [3.05, 3.63) is 24.3 Å². The highest BCUT2D eigenvalue weighted by Gasteiger charge is 2.22. The number of nitrogens with two attached hydrogens (primary N) is 1. The van der Waals surface area contributed by atoms with Gasteiger partial charge in [-0.25, -0.2) is 0 Å². The van der Waals surface area contributed by atoms with E-state index in [1.807, 2.05) is 12.1 Å². The van der Waals surface area contributed by atoms with Gasteiger partial charge in [0.2, 0.25) is 0 Å². The molecule has 1 aliphatic rings. The SMILES string of the molecule is CCN1CCN(c2cccc(N)c2)CC1C. The Kier molecular flexibility index (Phi) is 3.34. The third-order valence-corrected chi connectivity index (χ3v) is 3.41. The van der Waals surface area contributed by atoms with Gasteiger partial charge in [0.1, 0.15) is 0 Å². The third-order valence-electron chi connectivity index (χ3n) is 3.41. The molecule has 1 fully saturated rings. The first-order valence-electron chi connectivity index (χ1n) is 6.05. The molecule has 16 heavy (non-hydrogen) atoms. The molecule has 0 radical (unpaired) electrons. The summed E-state index contributed by atoms with van der Waals surface area (Å²) in [6.07, 6.45) is 0. The Hall–Kier alpha value is -1.22. The van der Waals surface area contributed by atoms with E-state index < -0.39 is 0 Å². The summed E-state index contributed by atoms with van der Waals surface area (Å²) in [4.78, 5) is 4.94. The minimum absolute atomic E-state index is 0.625. The van der Waals surface area contributed by atoms with Crippen molar-refractivity contribution in [2.24, 2.45) is 0 Å². The summed E-state index contributed by atoms with van der Waals surface area (Å²) in [7, 11) is 0. The number of benzene rings is 1. The van der Waals surface area contributed by atoms with Gasteiger partial charge < -0.3 is 10.6 Å². The Labute approximate surface area is 97.8 Å². The number of likely N-dealkylation sites (N-methyl/N-ethyl adjacent to an activating group) is 1. The van der Waals surface area contributed by atoms with Crippen LogP contribution in [0, 0.1) is 0 Å². The van der Waals surface area contributed by atoms with Gasteiger partial charge in [-0.3, -0.25) is 4.90 Å². The van der Waals surface area contributed by atoms with Gasteiger partial charge in [-0.05, 0) is 31.7 Å². The Bertz CT molecular complexity index is 351. The summed E-state index contributed by atoms with van der Waals surface area (Å²) < 4.78 is 0. The molecule has 1 aliphatic heterocycles. The molecule has 0 bridgehead atoms. The van der Waals surface area contributed by atoms with Crippen molar-refractivity contribution >= 4 is 11.4 Å². The van der Waals surface area contributed by atoms with Crippen LogP contribution in [0.1, 0.15) is 13.8 Å². The number of hydrogen-bond donors (Lipinski definition) is 1. The van der Waals surface area contributed by atoms with Crippen LogP contribution in [-0.2, 0) is 0 Å². The largest absolute Gasteiger partial charge is 0.399 e. The molecule has 2 N–H and O–H groups in total. The quantitative estimate of drug-likeness (QED) is 0.770. The zero-order valence-electron chi connectivity index (χ0n) is 10.2. The Morgan fingerprint density at radius 3 is 2.81 bits per heavy atom. The fraction of sp³-hybridized carbons (Fsp3) is 0.538. The van der Waals surface area contributed by atoms with Crippen LogP contribution >= 0.6 is 0 Å². The normalized spacial score (nSPS) is 22.4. The predicted octanol–water partition coefficient (Wildman–Crippen LogP) is 1.80. The molecule has 0 amide bonds. The molecule has 1 atom stereocenters. The average molecular weight is 219 g/mol. The molecular formula is C13H21N3. The molecule has 1 aromatic rings. The molecule has 0 aromatic heterocycles. The molecule has 3 heteroatoms. The van der Waals surface area contributed by atoms with Gasteiger partial charge >= 0.3 is 0 Å². The van der Waals surface area contributed by atoms with Gasteiger partial charge in [-0.2, -0.15) is 0 Å². The monoisotopic (exact) mass is 219 g/mol. The maximum absolute atomic E-state index is 5.82. The van der Waals surface area contributed by atoms with E-state index in [4.69, 9.17) is 5.73 Å². The molecule has 0 spiro atoms. The number of hydrogen-bond acceptors (Lipinski definition) is 3. The summed E-state index contributed by atoms with van der Waals surface area (Å²) in [6.45, 7) is 9.01. The first-order valence-corrected chi connectivity index (χ1v) is 6.05. The first kappa shape index (κ1) is 11.3. The zero-order valence-corrected chi connectivity index (χ0v) is 10.2. The van der Waals surface area contributed by atoms with Crippen molar-refractivity contribution in [2.45, 2.75) is 19.9 Å². The van der Waals surface area contributed by atoms with Gasteiger partial charge in [-0.1, -0.05) is 13.0 Å². The van der Waals surface area contributed by atoms with Crippen LogP contribution < -0.4 is 10.6 Å². The van der Waals surface area contributed by atoms with E-state index in [0.29, 0.717) is 6.04 Å². The van der Waals surface area contributed by atoms with E-state index in [0.717, 1.165) is 31.9 Å². The summed E-state index contributed by atoms with van der Waals surface area (Å²) in [5.41, 5.74) is 7.92. The van der Waals surface area contributed by atoms with Crippen molar-refractivity contribution < 1.29 is 0 Å².